The first kappa shape index (κ1) is 28.2. The topological polar surface area (TPSA) is 121 Å². The number of hydrogen-bond acceptors (Lipinski definition) is 7. The van der Waals surface area contributed by atoms with E-state index in [4.69, 9.17) is 21.3 Å². The molecule has 1 amide bonds. The lowest BCUT2D eigenvalue weighted by molar-refractivity contribution is -0.115. The van der Waals surface area contributed by atoms with Gasteiger partial charge >= 0.3 is 0 Å². The lowest BCUT2D eigenvalue weighted by Gasteiger charge is -2.13. The largest absolute Gasteiger partial charge is 0.496 e. The summed E-state index contributed by atoms with van der Waals surface area (Å²) in [5.74, 6) is -0.232. The summed E-state index contributed by atoms with van der Waals surface area (Å²) in [7, 11) is 1.53. The van der Waals surface area contributed by atoms with E-state index >= 15 is 0 Å². The van der Waals surface area contributed by atoms with Gasteiger partial charge in [-0.2, -0.15) is 0 Å². The van der Waals surface area contributed by atoms with Crippen LogP contribution in [0.4, 0.5) is 5.69 Å². The van der Waals surface area contributed by atoms with Crippen LogP contribution in [0.3, 0.4) is 0 Å². The van der Waals surface area contributed by atoms with Crippen LogP contribution in [-0.2, 0) is 17.8 Å². The number of aromatic nitrogens is 1. The van der Waals surface area contributed by atoms with Crippen LogP contribution in [0.5, 0.6) is 5.75 Å². The number of aldehydes is 1. The number of nitrogens with zero attached hydrogens (tertiary/aromatic N) is 2. The maximum Gasteiger partial charge on any atom is 0.237 e. The van der Waals surface area contributed by atoms with Gasteiger partial charge in [0, 0.05) is 40.7 Å². The summed E-state index contributed by atoms with van der Waals surface area (Å²) >= 11 is 6.62. The molecule has 3 aromatic carbocycles. The lowest BCUT2D eigenvalue weighted by Crippen LogP contribution is -2.19. The normalized spacial score (nSPS) is 14.6. The number of fused-ring (bicyclic) bond motifs is 1. The van der Waals surface area contributed by atoms with Gasteiger partial charge in [-0.1, -0.05) is 54.1 Å². The number of benzene rings is 3. The molecule has 5 rings (SSSR count). The summed E-state index contributed by atoms with van der Waals surface area (Å²) in [5, 5.41) is 22.2. The molecule has 4 aromatic rings. The third-order valence-electron chi connectivity index (χ3n) is 7.08. The molecule has 8 nitrogen and oxygen atoms in total. The van der Waals surface area contributed by atoms with Crippen LogP contribution in [0.2, 0.25) is 5.02 Å². The van der Waals surface area contributed by atoms with Crippen LogP contribution in [0.1, 0.15) is 39.9 Å². The summed E-state index contributed by atoms with van der Waals surface area (Å²) in [5.41, 5.74) is 7.00. The Kier molecular flexibility index (Phi) is 8.26. The van der Waals surface area contributed by atoms with Crippen molar-refractivity contribution in [1.82, 2.24) is 4.98 Å². The molecular weight excluding hydrogens is 542 g/mol. The fraction of sp³-hybridized carbons (Fsp3) is 0.188. The van der Waals surface area contributed by atoms with Crippen molar-refractivity contribution in [3.63, 3.8) is 0 Å². The third-order valence-corrected chi connectivity index (χ3v) is 7.40. The molecule has 0 spiro atoms. The minimum absolute atomic E-state index is 0.0280. The van der Waals surface area contributed by atoms with Crippen molar-refractivity contribution in [2.45, 2.75) is 32.1 Å². The van der Waals surface area contributed by atoms with Gasteiger partial charge in [-0.3, -0.25) is 19.6 Å². The zero-order valence-electron chi connectivity index (χ0n) is 22.5. The number of rotatable bonds is 9. The van der Waals surface area contributed by atoms with Gasteiger partial charge in [0.2, 0.25) is 5.91 Å². The highest BCUT2D eigenvalue weighted by Gasteiger charge is 2.34. The third kappa shape index (κ3) is 5.90. The van der Waals surface area contributed by atoms with Gasteiger partial charge in [0.1, 0.15) is 11.7 Å². The van der Waals surface area contributed by atoms with E-state index in [2.05, 4.69) is 10.3 Å². The molecule has 208 valence electrons. The number of halogens is 1. The maximum atomic E-state index is 13.0. The zero-order chi connectivity index (χ0) is 29.1. The second-order valence-electron chi connectivity index (χ2n) is 9.77. The molecule has 0 radical (unpaired) electrons. The Bertz CT molecular complexity index is 1650. The number of carbonyl (C=O) groups is 2. The molecule has 1 unspecified atom stereocenters. The number of ether oxygens (including phenoxy) is 1. The van der Waals surface area contributed by atoms with Gasteiger partial charge in [0.25, 0.3) is 0 Å². The molecule has 1 atom stereocenters. The maximum absolute atomic E-state index is 13.0. The Hall–Kier alpha value is -4.37. The van der Waals surface area contributed by atoms with E-state index in [1.165, 1.54) is 7.11 Å². The number of pyridine rings is 1. The molecule has 9 heteroatoms. The average Bonchev–Trinajstić information content (AvgIpc) is 3.29. The highest BCUT2D eigenvalue weighted by Crippen LogP contribution is 2.40. The Morgan fingerprint density at radius 1 is 1.12 bits per heavy atom. The highest BCUT2D eigenvalue weighted by atomic mass is 35.5. The Labute approximate surface area is 242 Å². The summed E-state index contributed by atoms with van der Waals surface area (Å²) in [6.45, 7) is 2.11. The number of methoxy groups -OCH3 is 1. The molecular formula is C32H28ClN3O5. The van der Waals surface area contributed by atoms with Gasteiger partial charge in [-0.15, -0.1) is 0 Å². The van der Waals surface area contributed by atoms with Gasteiger partial charge in [-0.25, -0.2) is 0 Å². The van der Waals surface area contributed by atoms with Crippen LogP contribution in [0.25, 0.3) is 22.4 Å². The average molecular weight is 570 g/mol. The van der Waals surface area contributed by atoms with E-state index in [-0.39, 0.29) is 12.3 Å². The van der Waals surface area contributed by atoms with E-state index in [1.807, 2.05) is 55.5 Å². The minimum atomic E-state index is -1.50. The van der Waals surface area contributed by atoms with Crippen LogP contribution >= 0.6 is 11.6 Å². The number of aliphatic hydroxyl groups excluding tert-OH is 1. The van der Waals surface area contributed by atoms with Crippen LogP contribution in [0, 0.1) is 0 Å². The van der Waals surface area contributed by atoms with Crippen molar-refractivity contribution >= 4 is 35.2 Å². The molecule has 3 N–H and O–H groups in total. The molecule has 1 aliphatic heterocycles. The minimum Gasteiger partial charge on any atom is -0.496 e. The zero-order valence-corrected chi connectivity index (χ0v) is 23.2. The van der Waals surface area contributed by atoms with E-state index in [9.17, 15) is 19.8 Å². The molecule has 0 fully saturated rings. The lowest BCUT2D eigenvalue weighted by atomic mass is 9.93. The smallest absolute Gasteiger partial charge is 0.237 e. The molecule has 0 saturated heterocycles. The number of aliphatic imine (C=N–C) groups is 1. The molecule has 0 bridgehead atoms. The first-order valence-corrected chi connectivity index (χ1v) is 13.3. The highest BCUT2D eigenvalue weighted by molar-refractivity contribution is 6.34. The van der Waals surface area contributed by atoms with E-state index in [0.29, 0.717) is 51.1 Å². The van der Waals surface area contributed by atoms with E-state index in [0.717, 1.165) is 28.5 Å². The van der Waals surface area contributed by atoms with Crippen LogP contribution in [-0.4, -0.2) is 46.5 Å². The van der Waals surface area contributed by atoms with Crippen molar-refractivity contribution in [2.75, 3.05) is 12.4 Å². The fourth-order valence-corrected chi connectivity index (χ4v) is 5.32. The quantitative estimate of drug-likeness (QED) is 0.140. The fourth-order valence-electron chi connectivity index (χ4n) is 5.06. The second-order valence-corrected chi connectivity index (χ2v) is 10.2. The predicted molar refractivity (Wildman–Crippen MR) is 159 cm³/mol. The van der Waals surface area contributed by atoms with Crippen molar-refractivity contribution in [3.05, 3.63) is 100 Å². The Morgan fingerprint density at radius 2 is 1.93 bits per heavy atom. The number of nitrogens with one attached hydrogen (secondary N) is 1. The van der Waals surface area contributed by atoms with Gasteiger partial charge < -0.3 is 20.3 Å². The van der Waals surface area contributed by atoms with Gasteiger partial charge in [0.15, 0.2) is 12.6 Å². The van der Waals surface area contributed by atoms with Gasteiger partial charge in [0.05, 0.1) is 24.4 Å². The van der Waals surface area contributed by atoms with Crippen molar-refractivity contribution in [3.8, 4) is 28.1 Å². The standard InChI is InChI=1S/C32H28ClN3O5/c1-18(34-15-19-7-10-29(41-2)22(11-19)12-30(38)39)31-25-13-24(26(33)14-28(25)36-32(31)40)27-9-8-20(16-35-27)23-6-4-3-5-21(23)17-37/h3-11,13-14,16-17,30-31,38-39H,12,15H2,1-2H3,(H,36,40). The predicted octanol–water partition coefficient (Wildman–Crippen LogP) is 5.44. The van der Waals surface area contributed by atoms with Crippen molar-refractivity contribution in [2.24, 2.45) is 4.99 Å². The number of aliphatic hydroxyl groups is 2. The number of anilines is 1. The SMILES string of the molecule is COc1ccc(CN=C(C)C2C(=O)Nc3cc(Cl)c(-c4ccc(-c5ccccc5C=O)cn4)cc32)cc1CC(O)O. The summed E-state index contributed by atoms with van der Waals surface area (Å²) < 4.78 is 5.32. The van der Waals surface area contributed by atoms with Crippen molar-refractivity contribution < 1.29 is 24.5 Å². The molecule has 41 heavy (non-hydrogen) atoms. The molecule has 0 aliphatic carbocycles. The van der Waals surface area contributed by atoms with Gasteiger partial charge in [-0.05, 0) is 53.4 Å². The second kappa shape index (κ2) is 12.0. The summed E-state index contributed by atoms with van der Waals surface area (Å²) in [4.78, 5) is 33.8. The molecule has 1 aliphatic rings. The van der Waals surface area contributed by atoms with Crippen LogP contribution in [0.15, 0.2) is 77.9 Å². The molecule has 1 aromatic heterocycles. The summed E-state index contributed by atoms with van der Waals surface area (Å²) in [6, 6.07) is 20.1. The first-order chi connectivity index (χ1) is 19.8. The van der Waals surface area contributed by atoms with Crippen molar-refractivity contribution in [1.29, 1.82) is 0 Å². The molecule has 2 heterocycles. The molecule has 0 saturated carbocycles. The number of hydrogen-bond donors (Lipinski definition) is 3. The number of amides is 1. The Morgan fingerprint density at radius 3 is 2.63 bits per heavy atom. The first-order valence-electron chi connectivity index (χ1n) is 13.0. The summed E-state index contributed by atoms with van der Waals surface area (Å²) in [6.07, 6.45) is 1.05. The van der Waals surface area contributed by atoms with E-state index in [1.54, 1.807) is 24.4 Å². The Balaban J connectivity index is 1.42. The van der Waals surface area contributed by atoms with Crippen LogP contribution < -0.4 is 10.1 Å². The number of carbonyl (C=O) groups excluding carboxylic acids is 2. The van der Waals surface area contributed by atoms with E-state index < -0.39 is 12.2 Å². The monoisotopic (exact) mass is 569 g/mol.